The van der Waals surface area contributed by atoms with Crippen molar-refractivity contribution in [2.24, 2.45) is 0 Å². The van der Waals surface area contributed by atoms with Crippen molar-refractivity contribution in [3.63, 3.8) is 0 Å². The third kappa shape index (κ3) is 3.21. The fourth-order valence-corrected chi connectivity index (χ4v) is 3.32. The van der Waals surface area contributed by atoms with Crippen molar-refractivity contribution in [2.75, 3.05) is 5.32 Å². The van der Waals surface area contributed by atoms with Crippen molar-refractivity contribution in [3.8, 4) is 0 Å². The Hall–Kier alpha value is -0.0700. The van der Waals surface area contributed by atoms with Gasteiger partial charge in [0.05, 0.1) is 3.79 Å². The molecular weight excluding hydrogens is 397 g/mol. The van der Waals surface area contributed by atoms with E-state index in [0.717, 1.165) is 6.54 Å². The first-order chi connectivity index (χ1) is 7.65. The van der Waals surface area contributed by atoms with Crippen LogP contribution < -0.4 is 5.32 Å². The van der Waals surface area contributed by atoms with Crippen molar-refractivity contribution in [3.05, 3.63) is 48.1 Å². The van der Waals surface area contributed by atoms with E-state index in [1.54, 1.807) is 11.3 Å². The molecule has 0 aliphatic rings. The molecule has 0 saturated carbocycles. The van der Waals surface area contributed by atoms with Gasteiger partial charge in [0.2, 0.25) is 0 Å². The molecule has 0 saturated heterocycles. The van der Waals surface area contributed by atoms with Gasteiger partial charge < -0.3 is 5.32 Å². The summed E-state index contributed by atoms with van der Waals surface area (Å²) in [5.74, 6) is 0. The number of hydrogen-bond acceptors (Lipinski definition) is 2. The van der Waals surface area contributed by atoms with Gasteiger partial charge in [-0.3, -0.25) is 0 Å². The topological polar surface area (TPSA) is 12.0 Å². The summed E-state index contributed by atoms with van der Waals surface area (Å²) >= 11 is 7.53. The molecule has 0 unspecified atom stereocenters. The van der Waals surface area contributed by atoms with Gasteiger partial charge in [-0.15, -0.1) is 11.3 Å². The Labute approximate surface area is 122 Å². The van der Waals surface area contributed by atoms with Crippen LogP contribution in [0.4, 0.5) is 5.69 Å². The zero-order valence-electron chi connectivity index (χ0n) is 8.76. The van der Waals surface area contributed by atoms with E-state index in [1.807, 2.05) is 0 Å². The molecule has 0 radical (unpaired) electrons. The Morgan fingerprint density at radius 2 is 2.19 bits per heavy atom. The molecule has 0 bridgehead atoms. The Kier molecular flexibility index (Phi) is 4.27. The van der Waals surface area contributed by atoms with E-state index in [0.29, 0.717) is 0 Å². The predicted molar refractivity (Wildman–Crippen MR) is 83.2 cm³/mol. The highest BCUT2D eigenvalue weighted by Gasteiger charge is 2.00. The second-order valence-electron chi connectivity index (χ2n) is 3.57. The minimum absolute atomic E-state index is 0.879. The van der Waals surface area contributed by atoms with Crippen LogP contribution in [0.3, 0.4) is 0 Å². The summed E-state index contributed by atoms with van der Waals surface area (Å²) in [6.45, 7) is 3.01. The first-order valence-electron chi connectivity index (χ1n) is 4.88. The van der Waals surface area contributed by atoms with Crippen LogP contribution in [-0.4, -0.2) is 0 Å². The lowest BCUT2D eigenvalue weighted by molar-refractivity contribution is 1.15. The summed E-state index contributed by atoms with van der Waals surface area (Å²) in [5, 5.41) is 5.62. The minimum Gasteiger partial charge on any atom is -0.381 e. The molecule has 0 spiro atoms. The molecule has 2 aromatic rings. The van der Waals surface area contributed by atoms with Gasteiger partial charge in [0.15, 0.2) is 0 Å². The second kappa shape index (κ2) is 5.51. The molecule has 0 fully saturated rings. The highest BCUT2D eigenvalue weighted by atomic mass is 127. The van der Waals surface area contributed by atoms with Gasteiger partial charge in [0.1, 0.15) is 0 Å². The Morgan fingerprint density at radius 3 is 2.81 bits per heavy atom. The van der Waals surface area contributed by atoms with Crippen molar-refractivity contribution in [1.29, 1.82) is 0 Å². The highest BCUT2D eigenvalue weighted by molar-refractivity contribution is 14.1. The van der Waals surface area contributed by atoms with Gasteiger partial charge in [-0.1, -0.05) is 0 Å². The highest BCUT2D eigenvalue weighted by Crippen LogP contribution is 2.23. The molecule has 1 aromatic heterocycles. The number of thiophene rings is 1. The van der Waals surface area contributed by atoms with E-state index < -0.39 is 0 Å². The van der Waals surface area contributed by atoms with Crippen LogP contribution in [0.25, 0.3) is 0 Å². The van der Waals surface area contributed by atoms with E-state index in [2.05, 4.69) is 80.4 Å². The number of anilines is 1. The number of halogens is 2. The second-order valence-corrected chi connectivity index (χ2v) is 7.11. The zero-order valence-corrected chi connectivity index (χ0v) is 13.3. The van der Waals surface area contributed by atoms with E-state index >= 15 is 0 Å². The molecule has 0 amide bonds. The lowest BCUT2D eigenvalue weighted by atomic mass is 10.2. The predicted octanol–water partition coefficient (Wildman–Crippen LogP) is 5.04. The van der Waals surface area contributed by atoms with Crippen molar-refractivity contribution < 1.29 is 0 Å². The third-order valence-corrected chi connectivity index (χ3v) is 4.52. The van der Waals surface area contributed by atoms with E-state index in [-0.39, 0.29) is 0 Å². The summed E-state index contributed by atoms with van der Waals surface area (Å²) in [7, 11) is 0. The van der Waals surface area contributed by atoms with Crippen LogP contribution in [0.5, 0.6) is 0 Å². The van der Waals surface area contributed by atoms with Crippen LogP contribution in [0, 0.1) is 10.5 Å². The largest absolute Gasteiger partial charge is 0.381 e. The van der Waals surface area contributed by atoms with Crippen molar-refractivity contribution in [1.82, 2.24) is 0 Å². The number of rotatable bonds is 3. The van der Waals surface area contributed by atoms with Gasteiger partial charge in [0.25, 0.3) is 0 Å². The van der Waals surface area contributed by atoms with Crippen LogP contribution in [0.1, 0.15) is 11.1 Å². The maximum absolute atomic E-state index is 3.47. The maximum atomic E-state index is 3.47. The van der Waals surface area contributed by atoms with Gasteiger partial charge in [-0.05, 0) is 86.2 Å². The average Bonchev–Trinajstić information content (AvgIpc) is 2.63. The molecule has 1 aromatic carbocycles. The molecule has 0 aliphatic heterocycles. The fraction of sp³-hybridized carbons (Fsp3) is 0.167. The summed E-state index contributed by atoms with van der Waals surface area (Å²) in [6, 6.07) is 8.60. The van der Waals surface area contributed by atoms with Gasteiger partial charge in [-0.2, -0.15) is 0 Å². The molecule has 84 valence electrons. The van der Waals surface area contributed by atoms with E-state index in [4.69, 9.17) is 0 Å². The fourth-order valence-electron chi connectivity index (χ4n) is 1.46. The Balaban J connectivity index is 2.04. The van der Waals surface area contributed by atoms with Gasteiger partial charge in [0, 0.05) is 15.8 Å². The summed E-state index contributed by atoms with van der Waals surface area (Å²) in [4.78, 5) is 0. The minimum atomic E-state index is 0.879. The smallest absolute Gasteiger partial charge is 0.0701 e. The monoisotopic (exact) mass is 407 g/mol. The molecule has 4 heteroatoms. The molecular formula is C12H11BrINS. The lowest BCUT2D eigenvalue weighted by Crippen LogP contribution is -1.99. The van der Waals surface area contributed by atoms with Crippen LogP contribution in [0.15, 0.2) is 33.4 Å². The summed E-state index contributed by atoms with van der Waals surface area (Å²) < 4.78 is 2.46. The molecule has 0 atom stereocenters. The quantitative estimate of drug-likeness (QED) is 0.703. The third-order valence-electron chi connectivity index (χ3n) is 2.29. The zero-order chi connectivity index (χ0) is 11.5. The lowest BCUT2D eigenvalue weighted by Gasteiger charge is -2.08. The molecule has 0 aliphatic carbocycles. The number of benzene rings is 1. The van der Waals surface area contributed by atoms with E-state index in [1.165, 1.54) is 24.2 Å². The molecule has 1 N–H and O–H groups in total. The van der Waals surface area contributed by atoms with Gasteiger partial charge >= 0.3 is 0 Å². The standard InChI is InChI=1S/C12H11BrINS/c1-8-4-10(14)2-3-11(8)15-6-9-5-12(13)16-7-9/h2-5,7,15H,6H2,1H3. The Bertz CT molecular complexity index is 496. The van der Waals surface area contributed by atoms with Crippen LogP contribution in [0.2, 0.25) is 0 Å². The molecule has 1 nitrogen and oxygen atoms in total. The van der Waals surface area contributed by atoms with Crippen molar-refractivity contribution >= 4 is 55.5 Å². The number of nitrogens with one attached hydrogen (secondary N) is 1. The van der Waals surface area contributed by atoms with Crippen molar-refractivity contribution in [2.45, 2.75) is 13.5 Å². The van der Waals surface area contributed by atoms with Crippen LogP contribution >= 0.6 is 49.9 Å². The maximum Gasteiger partial charge on any atom is 0.0701 e. The normalized spacial score (nSPS) is 10.4. The number of aryl methyl sites for hydroxylation is 1. The molecule has 2 rings (SSSR count). The van der Waals surface area contributed by atoms with Gasteiger partial charge in [-0.25, -0.2) is 0 Å². The first kappa shape index (κ1) is 12.4. The molecule has 1 heterocycles. The SMILES string of the molecule is Cc1cc(I)ccc1NCc1csc(Br)c1. The number of hydrogen-bond donors (Lipinski definition) is 1. The van der Waals surface area contributed by atoms with Crippen LogP contribution in [-0.2, 0) is 6.54 Å². The first-order valence-corrected chi connectivity index (χ1v) is 7.63. The molecule has 16 heavy (non-hydrogen) atoms. The summed E-state index contributed by atoms with van der Waals surface area (Å²) in [6.07, 6.45) is 0. The summed E-state index contributed by atoms with van der Waals surface area (Å²) in [5.41, 5.74) is 3.82. The van der Waals surface area contributed by atoms with E-state index in [9.17, 15) is 0 Å². The average molecular weight is 408 g/mol. The Morgan fingerprint density at radius 1 is 1.38 bits per heavy atom.